The highest BCUT2D eigenvalue weighted by molar-refractivity contribution is 7.89. The summed E-state index contributed by atoms with van der Waals surface area (Å²) in [5.41, 5.74) is 13.6. The summed E-state index contributed by atoms with van der Waals surface area (Å²) in [6, 6.07) is 10.3. The molecule has 2 aliphatic heterocycles. The molecule has 0 spiro atoms. The second kappa shape index (κ2) is 21.9. The van der Waals surface area contributed by atoms with Gasteiger partial charge in [0, 0.05) is 30.6 Å². The second-order valence-electron chi connectivity index (χ2n) is 12.7. The average molecular weight is 799 g/mol. The summed E-state index contributed by atoms with van der Waals surface area (Å²) in [7, 11) is -1.18. The van der Waals surface area contributed by atoms with Crippen LogP contribution in [-0.4, -0.2) is 119 Å². The molecule has 0 aliphatic carbocycles. The Kier molecular flexibility index (Phi) is 17.1. The number of Topliss-reactive ketones (excluding diaryl/α,β-unsaturated/α-hetero) is 1. The third-order valence-electron chi connectivity index (χ3n) is 8.62. The number of unbranched alkanes of at least 4 members (excludes halogenated alkanes) is 2. The van der Waals surface area contributed by atoms with E-state index in [-0.39, 0.29) is 80.4 Å². The van der Waals surface area contributed by atoms with E-state index in [2.05, 4.69) is 30.7 Å². The van der Waals surface area contributed by atoms with Crippen molar-refractivity contribution in [3.63, 3.8) is 0 Å². The lowest BCUT2D eigenvalue weighted by molar-refractivity contribution is -0.142. The Morgan fingerprint density at radius 3 is 2.48 bits per heavy atom. The van der Waals surface area contributed by atoms with Gasteiger partial charge < -0.3 is 46.4 Å². The van der Waals surface area contributed by atoms with Crippen LogP contribution in [0.4, 0.5) is 11.5 Å². The molecule has 3 aromatic rings. The number of esters is 1. The van der Waals surface area contributed by atoms with Crippen molar-refractivity contribution in [2.75, 3.05) is 77.9 Å². The number of carbonyl (C=O) groups excluding carboxylic acids is 4. The van der Waals surface area contributed by atoms with Gasteiger partial charge in [-0.25, -0.2) is 18.4 Å². The zero-order chi connectivity index (χ0) is 40.5. The van der Waals surface area contributed by atoms with Crippen molar-refractivity contribution in [1.29, 1.82) is 0 Å². The molecule has 7 N–H and O–H groups in total. The Labute approximate surface area is 326 Å². The Bertz CT molecular complexity index is 1910. The Morgan fingerprint density at radius 1 is 1.02 bits per heavy atom. The van der Waals surface area contributed by atoms with E-state index in [1.165, 1.54) is 37.6 Å². The topological polar surface area (TPSA) is 256 Å². The van der Waals surface area contributed by atoms with Crippen LogP contribution < -0.4 is 32.2 Å². The first-order chi connectivity index (χ1) is 26.9. The first kappa shape index (κ1) is 43.7. The van der Waals surface area contributed by atoms with E-state index in [1.807, 2.05) is 6.07 Å². The number of amides is 2. The van der Waals surface area contributed by atoms with Gasteiger partial charge in [0.15, 0.2) is 17.3 Å². The fourth-order valence-corrected chi connectivity index (χ4v) is 7.01. The highest BCUT2D eigenvalue weighted by atomic mass is 32.2. The number of hydrogen-bond donors (Lipinski definition) is 5. The molecule has 5 rings (SSSR count). The van der Waals surface area contributed by atoms with Gasteiger partial charge in [0.05, 0.1) is 69.1 Å². The van der Waals surface area contributed by atoms with E-state index in [1.54, 1.807) is 19.2 Å². The molecule has 2 aromatic carbocycles. The molecule has 2 amide bonds. The zero-order valence-electron chi connectivity index (χ0n) is 31.6. The molecule has 4 bridgehead atoms. The summed E-state index contributed by atoms with van der Waals surface area (Å²) in [6.45, 7) is 0.0403. The van der Waals surface area contributed by atoms with Crippen molar-refractivity contribution in [2.45, 2.75) is 49.6 Å². The molecule has 0 saturated carbocycles. The predicted octanol–water partition coefficient (Wildman–Crippen LogP) is 1.25. The van der Waals surface area contributed by atoms with Crippen molar-refractivity contribution >= 4 is 45.1 Å². The van der Waals surface area contributed by atoms with Crippen molar-refractivity contribution in [3.05, 3.63) is 59.9 Å². The summed E-state index contributed by atoms with van der Waals surface area (Å²) in [6.07, 6.45) is 3.81. The predicted molar refractivity (Wildman–Crippen MR) is 206 cm³/mol. The maximum atomic E-state index is 13.8. The van der Waals surface area contributed by atoms with E-state index in [0.717, 1.165) is 9.87 Å². The fraction of sp³-hybridized carbons (Fsp3) is 0.459. The number of hydrogen-bond acceptors (Lipinski definition) is 15. The maximum Gasteiger partial charge on any atom is 0.322 e. The lowest BCUT2D eigenvalue weighted by Gasteiger charge is -2.22. The molecular formula is C37H50N8O10S. The molecule has 19 heteroatoms. The largest absolute Gasteiger partial charge is 0.489 e. The Morgan fingerprint density at radius 2 is 1.75 bits per heavy atom. The van der Waals surface area contributed by atoms with E-state index < -0.39 is 40.4 Å². The minimum Gasteiger partial charge on any atom is -0.489 e. The number of rotatable bonds is 13. The van der Waals surface area contributed by atoms with Crippen molar-refractivity contribution in [2.24, 2.45) is 5.73 Å². The normalized spacial score (nSPS) is 15.9. The lowest BCUT2D eigenvalue weighted by Crippen LogP contribution is -2.43. The van der Waals surface area contributed by atoms with Crippen LogP contribution in [0.2, 0.25) is 0 Å². The quantitative estimate of drug-likeness (QED) is 0.0927. The fourth-order valence-electron chi connectivity index (χ4n) is 5.63. The minimum atomic E-state index is -4.24. The summed E-state index contributed by atoms with van der Waals surface area (Å²) < 4.78 is 50.6. The van der Waals surface area contributed by atoms with E-state index in [9.17, 15) is 27.6 Å². The van der Waals surface area contributed by atoms with Gasteiger partial charge in [-0.05, 0) is 38.1 Å². The summed E-state index contributed by atoms with van der Waals surface area (Å²) >= 11 is 0. The van der Waals surface area contributed by atoms with Gasteiger partial charge >= 0.3 is 5.97 Å². The van der Waals surface area contributed by atoms with Gasteiger partial charge in [-0.15, -0.1) is 0 Å². The standard InChI is InChI=1S/C37H50N8O10S/c1-40-21-26-7-6-10-30-34(26)55-20-19-54-18-17-53-16-15-45(24-32(47)41-22-27(46)8-4-3-5-9-29(38)37(49)52-2)56(50,51)28-13-11-25(12-14-28)31-23-42-35(39)33(43-31)36(48)44-30/h6-7,10-14,23,29,40H,3-5,8-9,15-22,24,38H2,1-2H3,(H2,39,42)(H,41,47)(H,44,48)/t29-/m1/s1. The van der Waals surface area contributed by atoms with Crippen molar-refractivity contribution in [1.82, 2.24) is 24.9 Å². The van der Waals surface area contributed by atoms with Crippen LogP contribution in [0.3, 0.4) is 0 Å². The number of fused-ring (bicyclic) bond motifs is 13. The number of ether oxygens (including phenoxy) is 4. The van der Waals surface area contributed by atoms with Gasteiger partial charge in [-0.1, -0.05) is 37.1 Å². The molecule has 0 radical (unpaired) electrons. The van der Waals surface area contributed by atoms with Crippen LogP contribution in [0.5, 0.6) is 5.75 Å². The third-order valence-corrected chi connectivity index (χ3v) is 10.5. The molecule has 1 atom stereocenters. The van der Waals surface area contributed by atoms with Gasteiger partial charge in [0.25, 0.3) is 5.91 Å². The first-order valence-electron chi connectivity index (χ1n) is 18.2. The van der Waals surface area contributed by atoms with Crippen molar-refractivity contribution < 1.29 is 46.5 Å². The summed E-state index contributed by atoms with van der Waals surface area (Å²) in [5.74, 6) is -1.69. The van der Waals surface area contributed by atoms with E-state index >= 15 is 0 Å². The van der Waals surface area contributed by atoms with Crippen LogP contribution in [0.15, 0.2) is 53.6 Å². The summed E-state index contributed by atoms with van der Waals surface area (Å²) in [4.78, 5) is 58.8. The number of nitrogens with two attached hydrogens (primary N) is 2. The SMILES string of the molecule is CNCc1cccc2c1OCCOCCOCCN(CC(=O)NCC(=O)CCCCC[C@@H](N)C(=O)OC)S(=O)(=O)c1ccc(cc1)-c1cnc(N)c(n1)C(=O)N2. The number of nitrogens with one attached hydrogen (secondary N) is 3. The number of para-hydroxylation sites is 1. The number of sulfonamides is 1. The molecule has 3 heterocycles. The molecule has 56 heavy (non-hydrogen) atoms. The number of aromatic nitrogens is 2. The first-order valence-corrected chi connectivity index (χ1v) is 19.6. The molecular weight excluding hydrogens is 749 g/mol. The second-order valence-corrected chi connectivity index (χ2v) is 14.7. The zero-order valence-corrected chi connectivity index (χ0v) is 32.4. The Balaban J connectivity index is 1.47. The maximum absolute atomic E-state index is 13.8. The number of carbonyl (C=O) groups is 4. The molecule has 1 aromatic heterocycles. The van der Waals surface area contributed by atoms with E-state index in [0.29, 0.717) is 49.2 Å². The molecule has 0 fully saturated rings. The van der Waals surface area contributed by atoms with Gasteiger partial charge in [-0.2, -0.15) is 4.31 Å². The van der Waals surface area contributed by atoms with Crippen LogP contribution >= 0.6 is 0 Å². The highest BCUT2D eigenvalue weighted by Gasteiger charge is 2.27. The Hall–Kier alpha value is -5.05. The van der Waals surface area contributed by atoms with Crippen LogP contribution in [0.1, 0.15) is 48.2 Å². The van der Waals surface area contributed by atoms with E-state index in [4.69, 9.17) is 25.7 Å². The number of nitrogen functional groups attached to an aromatic ring is 1. The summed E-state index contributed by atoms with van der Waals surface area (Å²) in [5, 5.41) is 8.42. The van der Waals surface area contributed by atoms with Crippen LogP contribution in [0, 0.1) is 0 Å². The number of ketones is 1. The van der Waals surface area contributed by atoms with Gasteiger partial charge in [0.1, 0.15) is 18.4 Å². The monoisotopic (exact) mass is 798 g/mol. The minimum absolute atomic E-state index is 0.0483. The molecule has 304 valence electrons. The lowest BCUT2D eigenvalue weighted by atomic mass is 10.1. The number of methoxy groups -OCH3 is 1. The van der Waals surface area contributed by atoms with Gasteiger partial charge in [-0.3, -0.25) is 19.2 Å². The van der Waals surface area contributed by atoms with Crippen molar-refractivity contribution in [3.8, 4) is 17.0 Å². The number of benzene rings is 2. The highest BCUT2D eigenvalue weighted by Crippen LogP contribution is 2.30. The molecule has 0 saturated heterocycles. The number of anilines is 2. The average Bonchev–Trinajstić information content (AvgIpc) is 3.19. The van der Waals surface area contributed by atoms with Gasteiger partial charge in [0.2, 0.25) is 15.9 Å². The molecule has 2 aliphatic rings. The smallest absolute Gasteiger partial charge is 0.322 e. The number of nitrogens with zero attached hydrogens (tertiary/aromatic N) is 3. The molecule has 18 nitrogen and oxygen atoms in total. The van der Waals surface area contributed by atoms with Crippen LogP contribution in [0.25, 0.3) is 11.3 Å². The van der Waals surface area contributed by atoms with Crippen LogP contribution in [-0.2, 0) is 45.2 Å². The molecule has 0 unspecified atom stereocenters. The third kappa shape index (κ3) is 12.8.